The van der Waals surface area contributed by atoms with E-state index in [9.17, 15) is 4.79 Å². The second-order valence-electron chi connectivity index (χ2n) is 3.94. The summed E-state index contributed by atoms with van der Waals surface area (Å²) in [6.07, 6.45) is 5.01. The number of carbonyl (C=O) groups is 1. The zero-order valence-electron chi connectivity index (χ0n) is 10.00. The molecule has 92 valence electrons. The van der Waals surface area contributed by atoms with Gasteiger partial charge in [-0.1, -0.05) is 0 Å². The molecule has 0 aliphatic rings. The van der Waals surface area contributed by atoms with Crippen LogP contribution in [0.15, 0.2) is 42.9 Å². The van der Waals surface area contributed by atoms with Gasteiger partial charge >= 0.3 is 0 Å². The highest BCUT2D eigenvalue weighted by molar-refractivity contribution is 5.93. The summed E-state index contributed by atoms with van der Waals surface area (Å²) in [5.74, 6) is -0.427. The van der Waals surface area contributed by atoms with E-state index in [0.29, 0.717) is 5.56 Å². The van der Waals surface area contributed by atoms with Crippen LogP contribution in [0.1, 0.15) is 29.0 Å². The molecule has 1 amide bonds. The van der Waals surface area contributed by atoms with Crippen molar-refractivity contribution in [2.24, 2.45) is 5.73 Å². The lowest BCUT2D eigenvalue weighted by atomic mass is 10.1. The first-order chi connectivity index (χ1) is 8.66. The van der Waals surface area contributed by atoms with E-state index in [0.717, 1.165) is 11.4 Å². The molecule has 0 saturated carbocycles. The number of benzene rings is 1. The van der Waals surface area contributed by atoms with Crippen LogP contribution in [0.4, 0.5) is 5.69 Å². The summed E-state index contributed by atoms with van der Waals surface area (Å²) in [5.41, 5.74) is 7.43. The van der Waals surface area contributed by atoms with Crippen molar-refractivity contribution in [2.75, 3.05) is 5.32 Å². The van der Waals surface area contributed by atoms with E-state index in [1.54, 1.807) is 30.7 Å². The molecule has 0 bridgehead atoms. The lowest BCUT2D eigenvalue weighted by Gasteiger charge is -2.14. The topological polar surface area (TPSA) is 80.9 Å². The monoisotopic (exact) mass is 242 g/mol. The second-order valence-corrected chi connectivity index (χ2v) is 3.94. The van der Waals surface area contributed by atoms with E-state index in [-0.39, 0.29) is 6.04 Å². The fourth-order valence-corrected chi connectivity index (χ4v) is 1.59. The third-order valence-corrected chi connectivity index (χ3v) is 2.58. The highest BCUT2D eigenvalue weighted by Crippen LogP contribution is 2.17. The van der Waals surface area contributed by atoms with Crippen molar-refractivity contribution in [3.05, 3.63) is 54.1 Å². The molecule has 0 aliphatic carbocycles. The molecular weight excluding hydrogens is 228 g/mol. The van der Waals surface area contributed by atoms with Crippen molar-refractivity contribution in [2.45, 2.75) is 13.0 Å². The Bertz CT molecular complexity index is 524. The molecule has 0 fully saturated rings. The van der Waals surface area contributed by atoms with Gasteiger partial charge in [0, 0.05) is 23.6 Å². The lowest BCUT2D eigenvalue weighted by Crippen LogP contribution is -2.11. The Balaban J connectivity index is 2.08. The van der Waals surface area contributed by atoms with Crippen molar-refractivity contribution in [3.8, 4) is 0 Å². The molecule has 1 atom stereocenters. The van der Waals surface area contributed by atoms with E-state index in [4.69, 9.17) is 5.73 Å². The Morgan fingerprint density at radius 3 is 2.56 bits per heavy atom. The number of hydrogen-bond acceptors (Lipinski definition) is 4. The zero-order chi connectivity index (χ0) is 13.0. The maximum absolute atomic E-state index is 10.9. The third-order valence-electron chi connectivity index (χ3n) is 2.58. The van der Waals surface area contributed by atoms with Crippen molar-refractivity contribution >= 4 is 11.6 Å². The molecule has 5 nitrogen and oxygen atoms in total. The van der Waals surface area contributed by atoms with Gasteiger partial charge in [-0.05, 0) is 31.2 Å². The Morgan fingerprint density at radius 2 is 2.00 bits per heavy atom. The maximum Gasteiger partial charge on any atom is 0.248 e. The standard InChI is InChI=1S/C13H14N4O/c1-9(12-8-15-6-7-16-12)17-11-4-2-10(3-5-11)13(14)18/h2-9,17H,1H3,(H2,14,18). The van der Waals surface area contributed by atoms with Crippen LogP contribution in [0.5, 0.6) is 0 Å². The van der Waals surface area contributed by atoms with Gasteiger partial charge in [0.1, 0.15) is 0 Å². The number of primary amides is 1. The van der Waals surface area contributed by atoms with Gasteiger partial charge in [-0.2, -0.15) is 0 Å². The normalized spacial score (nSPS) is 11.8. The molecule has 0 spiro atoms. The van der Waals surface area contributed by atoms with Crippen LogP contribution >= 0.6 is 0 Å². The van der Waals surface area contributed by atoms with Crippen LogP contribution in [0.3, 0.4) is 0 Å². The number of nitrogens with two attached hydrogens (primary N) is 1. The number of aromatic nitrogens is 2. The van der Waals surface area contributed by atoms with Gasteiger partial charge in [0.25, 0.3) is 0 Å². The average Bonchev–Trinajstić information content (AvgIpc) is 2.40. The molecule has 0 aliphatic heterocycles. The predicted molar refractivity (Wildman–Crippen MR) is 69.0 cm³/mol. The van der Waals surface area contributed by atoms with Crippen molar-refractivity contribution in [3.63, 3.8) is 0 Å². The van der Waals surface area contributed by atoms with Crippen LogP contribution in [-0.4, -0.2) is 15.9 Å². The molecule has 18 heavy (non-hydrogen) atoms. The molecule has 0 radical (unpaired) electrons. The number of hydrogen-bond donors (Lipinski definition) is 2. The number of nitrogens with zero attached hydrogens (tertiary/aromatic N) is 2. The van der Waals surface area contributed by atoms with Crippen molar-refractivity contribution in [1.29, 1.82) is 0 Å². The number of amides is 1. The maximum atomic E-state index is 10.9. The summed E-state index contributed by atoms with van der Waals surface area (Å²) in [6.45, 7) is 1.99. The average molecular weight is 242 g/mol. The Morgan fingerprint density at radius 1 is 1.28 bits per heavy atom. The quantitative estimate of drug-likeness (QED) is 0.855. The number of carbonyl (C=O) groups excluding carboxylic acids is 1. The smallest absolute Gasteiger partial charge is 0.248 e. The third kappa shape index (κ3) is 2.82. The van der Waals surface area contributed by atoms with Gasteiger partial charge in [0.15, 0.2) is 0 Å². The first-order valence-corrected chi connectivity index (χ1v) is 5.59. The van der Waals surface area contributed by atoms with Gasteiger partial charge in [0.05, 0.1) is 17.9 Å². The summed E-state index contributed by atoms with van der Waals surface area (Å²) in [6, 6.07) is 7.04. The van der Waals surface area contributed by atoms with Gasteiger partial charge in [-0.3, -0.25) is 14.8 Å². The summed E-state index contributed by atoms with van der Waals surface area (Å²) in [5, 5.41) is 3.27. The number of nitrogens with one attached hydrogen (secondary N) is 1. The molecule has 1 heterocycles. The Hall–Kier alpha value is -2.43. The van der Waals surface area contributed by atoms with E-state index in [1.807, 2.05) is 19.1 Å². The van der Waals surface area contributed by atoms with Gasteiger partial charge in [-0.15, -0.1) is 0 Å². The van der Waals surface area contributed by atoms with Gasteiger partial charge < -0.3 is 11.1 Å². The Kier molecular flexibility index (Phi) is 3.52. The summed E-state index contributed by atoms with van der Waals surface area (Å²) >= 11 is 0. The van der Waals surface area contributed by atoms with E-state index >= 15 is 0 Å². The molecule has 0 saturated heterocycles. The summed E-state index contributed by atoms with van der Waals surface area (Å²) < 4.78 is 0. The summed E-state index contributed by atoms with van der Waals surface area (Å²) in [7, 11) is 0. The molecule has 1 unspecified atom stereocenters. The SMILES string of the molecule is CC(Nc1ccc(C(N)=O)cc1)c1cnccn1. The van der Waals surface area contributed by atoms with Gasteiger partial charge in [-0.25, -0.2) is 0 Å². The van der Waals surface area contributed by atoms with E-state index < -0.39 is 5.91 Å². The first kappa shape index (κ1) is 12.0. The fourth-order valence-electron chi connectivity index (χ4n) is 1.59. The van der Waals surface area contributed by atoms with Crippen LogP contribution in [-0.2, 0) is 0 Å². The second kappa shape index (κ2) is 5.27. The lowest BCUT2D eigenvalue weighted by molar-refractivity contribution is 0.100. The minimum Gasteiger partial charge on any atom is -0.377 e. The van der Waals surface area contributed by atoms with Crippen molar-refractivity contribution < 1.29 is 4.79 Å². The number of anilines is 1. The van der Waals surface area contributed by atoms with Crippen LogP contribution in [0.25, 0.3) is 0 Å². The van der Waals surface area contributed by atoms with Gasteiger partial charge in [0.2, 0.25) is 5.91 Å². The van der Waals surface area contributed by atoms with Crippen LogP contribution in [0, 0.1) is 0 Å². The van der Waals surface area contributed by atoms with Crippen LogP contribution < -0.4 is 11.1 Å². The molecule has 5 heteroatoms. The van der Waals surface area contributed by atoms with Crippen molar-refractivity contribution in [1.82, 2.24) is 9.97 Å². The highest BCUT2D eigenvalue weighted by Gasteiger charge is 2.07. The fraction of sp³-hybridized carbons (Fsp3) is 0.154. The molecule has 2 rings (SSSR count). The largest absolute Gasteiger partial charge is 0.377 e. The summed E-state index contributed by atoms with van der Waals surface area (Å²) in [4.78, 5) is 19.2. The first-order valence-electron chi connectivity index (χ1n) is 5.59. The highest BCUT2D eigenvalue weighted by atomic mass is 16.1. The molecule has 1 aromatic carbocycles. The molecule has 3 N–H and O–H groups in total. The zero-order valence-corrected chi connectivity index (χ0v) is 10.00. The minimum absolute atomic E-state index is 0.0399. The number of rotatable bonds is 4. The molecule has 2 aromatic rings. The van der Waals surface area contributed by atoms with E-state index in [2.05, 4.69) is 15.3 Å². The van der Waals surface area contributed by atoms with E-state index in [1.165, 1.54) is 0 Å². The minimum atomic E-state index is -0.427. The molecular formula is C13H14N4O. The predicted octanol–water partition coefficient (Wildman–Crippen LogP) is 1.75. The Labute approximate surface area is 105 Å². The molecule has 1 aromatic heterocycles. The van der Waals surface area contributed by atoms with Crippen LogP contribution in [0.2, 0.25) is 0 Å².